The van der Waals surface area contributed by atoms with Crippen molar-refractivity contribution in [3.05, 3.63) is 309 Å². The second-order valence-corrected chi connectivity index (χ2v) is 26.7. The van der Waals surface area contributed by atoms with Gasteiger partial charge in [-0.25, -0.2) is 0 Å². The van der Waals surface area contributed by atoms with E-state index < -0.39 is 0 Å². The van der Waals surface area contributed by atoms with Crippen molar-refractivity contribution >= 4 is 177 Å². The van der Waals surface area contributed by atoms with Crippen LogP contribution in [-0.2, 0) is 0 Å². The smallest absolute Gasteiger partial charge is 0.260 e. The molecule has 0 fully saturated rings. The quantitative estimate of drug-likeness (QED) is 0.107. The predicted octanol–water partition coefficient (Wildman–Crippen LogP) is 16.2. The minimum atomic E-state index is -0.315. The number of hydrogen-bond donors (Lipinski definition) is 1. The van der Waals surface area contributed by atoms with Crippen molar-refractivity contribution in [3.63, 3.8) is 0 Å². The Balaban J connectivity index is 0.800. The van der Waals surface area contributed by atoms with Gasteiger partial charge < -0.3 is 38.8 Å². The molecule has 98 heavy (non-hydrogen) atoms. The molecule has 0 unspecified atom stereocenters. The van der Waals surface area contributed by atoms with Crippen molar-refractivity contribution in [2.24, 2.45) is 0 Å². The summed E-state index contributed by atoms with van der Waals surface area (Å²) in [5.74, 6) is 4.74. The molecule has 0 amide bonds. The first-order chi connectivity index (χ1) is 48.6. The lowest BCUT2D eigenvalue weighted by atomic mass is 9.30. The standard InChI is InChI=1S/C85H55B3N6O3S/c1-98-94-73-52-78-69(50-67(73)86-64-39-21-23-42-76(64)95-79-46-60(45-75(94)83(79)86)91(55-29-12-4-13-30-55)56-31-14-5-15-32-56)88-68-49-66-70(51-77(68)96-80-47-61(48-81(97-78)84(80)88)92(57-33-16-6-17-34-57)58-35-18-7-19-36-58)89-71-43-59(90(53-25-8-2-9-26-53)54-27-10-3-11-28-54)44-74-82(71)87(66)65-40-24-38-63-62-37-20-22-41-72(62)93(74)85(63)65/h2-52,89H,1H3. The molecule has 6 aliphatic rings. The number of benzene rings is 14. The van der Waals surface area contributed by atoms with Crippen molar-refractivity contribution in [3.8, 4) is 40.2 Å². The fourth-order valence-corrected chi connectivity index (χ4v) is 17.5. The van der Waals surface area contributed by atoms with Gasteiger partial charge in [0.2, 0.25) is 0 Å². The van der Waals surface area contributed by atoms with E-state index in [1.54, 1.807) is 11.9 Å². The SMILES string of the molecule is CSN1c2cc3c(cc2B2c4ccccc4Oc4cc(N(c5ccccc5)c5ccccc5)cc1c42)B1c2cc4c(cc2Oc2cc(N(c5ccccc5)c5ccccc5)cc(c21)O3)Nc1cc(N(c2ccccc2)c2ccccc2)cc2c1B4c1cccc3c4ccccc4n-2c13. The number of ether oxygens (including phenoxy) is 3. The van der Waals surface area contributed by atoms with Gasteiger partial charge in [0.1, 0.15) is 34.5 Å². The number of nitrogens with one attached hydrogen (secondary N) is 1. The van der Waals surface area contributed by atoms with Gasteiger partial charge in [0.15, 0.2) is 0 Å². The summed E-state index contributed by atoms with van der Waals surface area (Å²) in [7, 11) is 0. The van der Waals surface area contributed by atoms with E-state index in [0.29, 0.717) is 0 Å². The topological polar surface area (TPSA) is 57.6 Å². The van der Waals surface area contributed by atoms with Crippen LogP contribution in [0, 0.1) is 0 Å². The van der Waals surface area contributed by atoms with Gasteiger partial charge in [-0.2, -0.15) is 0 Å². The molecule has 0 aliphatic carbocycles. The molecule has 0 bridgehead atoms. The Morgan fingerprint density at radius 3 is 1.32 bits per heavy atom. The highest BCUT2D eigenvalue weighted by molar-refractivity contribution is 8.00. The zero-order valence-corrected chi connectivity index (χ0v) is 53.9. The molecule has 458 valence electrons. The molecule has 1 aromatic heterocycles. The Kier molecular flexibility index (Phi) is 12.1. The molecule has 0 saturated carbocycles. The highest BCUT2D eigenvalue weighted by atomic mass is 32.2. The molecule has 7 heterocycles. The first-order valence-corrected chi connectivity index (χ1v) is 34.6. The second kappa shape index (κ2) is 21.4. The molecule has 9 nitrogen and oxygen atoms in total. The largest absolute Gasteiger partial charge is 0.458 e. The number of rotatable bonds is 10. The Labute approximate surface area is 572 Å². The van der Waals surface area contributed by atoms with Gasteiger partial charge in [0, 0.05) is 110 Å². The number of para-hydroxylation sites is 9. The van der Waals surface area contributed by atoms with E-state index in [0.717, 1.165) is 141 Å². The van der Waals surface area contributed by atoms with E-state index in [1.807, 2.05) is 0 Å². The van der Waals surface area contributed by atoms with Crippen LogP contribution in [0.25, 0.3) is 27.5 Å². The maximum absolute atomic E-state index is 7.63. The lowest BCUT2D eigenvalue weighted by molar-refractivity contribution is 0.465. The fourth-order valence-electron chi connectivity index (χ4n) is 16.8. The normalized spacial score (nSPS) is 13.2. The molecular weight excluding hydrogens is 1220 g/mol. The average Bonchev–Trinajstić information content (AvgIpc) is 0.688. The van der Waals surface area contributed by atoms with Gasteiger partial charge in [0.25, 0.3) is 20.1 Å². The Morgan fingerprint density at radius 2 is 0.735 bits per heavy atom. The number of aromatic nitrogens is 1. The summed E-state index contributed by atoms with van der Waals surface area (Å²) in [6.45, 7) is -0.646. The highest BCUT2D eigenvalue weighted by Crippen LogP contribution is 2.49. The Hall–Kier alpha value is -12.2. The molecule has 14 aromatic carbocycles. The van der Waals surface area contributed by atoms with Crippen LogP contribution in [0.15, 0.2) is 309 Å². The zero-order valence-electron chi connectivity index (χ0n) is 53.0. The Bertz CT molecular complexity index is 5700. The summed E-state index contributed by atoms with van der Waals surface area (Å²) < 4.78 is 27.3. The molecule has 21 rings (SSSR count). The van der Waals surface area contributed by atoms with Gasteiger partial charge in [-0.15, -0.1) is 0 Å². The van der Waals surface area contributed by atoms with Crippen molar-refractivity contribution in [1.29, 1.82) is 0 Å². The molecule has 1 N–H and O–H groups in total. The number of nitrogens with zero attached hydrogens (tertiary/aromatic N) is 5. The van der Waals surface area contributed by atoms with Crippen LogP contribution in [0.1, 0.15) is 0 Å². The van der Waals surface area contributed by atoms with Crippen LogP contribution in [0.5, 0.6) is 34.5 Å². The molecule has 0 radical (unpaired) electrons. The minimum Gasteiger partial charge on any atom is -0.458 e. The van der Waals surface area contributed by atoms with Gasteiger partial charge in [-0.3, -0.25) is 4.31 Å². The van der Waals surface area contributed by atoms with Gasteiger partial charge in [-0.05, 0) is 159 Å². The monoisotopic (exact) mass is 1270 g/mol. The van der Waals surface area contributed by atoms with E-state index >= 15 is 0 Å². The maximum atomic E-state index is 7.63. The number of anilines is 13. The van der Waals surface area contributed by atoms with Crippen LogP contribution in [0.3, 0.4) is 0 Å². The highest BCUT2D eigenvalue weighted by Gasteiger charge is 2.49. The zero-order chi connectivity index (χ0) is 64.3. The van der Waals surface area contributed by atoms with E-state index in [-0.39, 0.29) is 20.1 Å². The minimum absolute atomic E-state index is 0.150. The molecule has 0 atom stereocenters. The molecular formula is C85H55B3N6O3S. The van der Waals surface area contributed by atoms with Crippen LogP contribution in [0.2, 0.25) is 0 Å². The summed E-state index contributed by atoms with van der Waals surface area (Å²) in [6, 6.07) is 112. The summed E-state index contributed by atoms with van der Waals surface area (Å²) >= 11 is 1.70. The molecule has 0 saturated heterocycles. The van der Waals surface area contributed by atoms with Crippen LogP contribution < -0.4 is 87.7 Å². The van der Waals surface area contributed by atoms with Crippen LogP contribution in [0.4, 0.5) is 73.9 Å². The molecule has 15 aromatic rings. The lowest BCUT2D eigenvalue weighted by Crippen LogP contribution is -2.64. The van der Waals surface area contributed by atoms with Crippen LogP contribution >= 0.6 is 11.9 Å². The van der Waals surface area contributed by atoms with Crippen LogP contribution in [-0.4, -0.2) is 31.0 Å². The number of fused-ring (bicyclic) bond motifs is 15. The molecule has 6 aliphatic heterocycles. The molecule has 0 spiro atoms. The van der Waals surface area contributed by atoms with E-state index in [2.05, 4.69) is 345 Å². The lowest BCUT2D eigenvalue weighted by Gasteiger charge is -2.42. The molecule has 13 heteroatoms. The first kappa shape index (κ1) is 55.1. The van der Waals surface area contributed by atoms with E-state index in [4.69, 9.17) is 14.2 Å². The summed E-state index contributed by atoms with van der Waals surface area (Å²) in [4.78, 5) is 7.00. The summed E-state index contributed by atoms with van der Waals surface area (Å²) in [5, 5.41) is 6.61. The number of hydrogen-bond acceptors (Lipinski definition) is 9. The third-order valence-corrected chi connectivity index (χ3v) is 21.5. The van der Waals surface area contributed by atoms with Gasteiger partial charge in [-0.1, -0.05) is 176 Å². The Morgan fingerprint density at radius 1 is 0.296 bits per heavy atom. The maximum Gasteiger partial charge on any atom is 0.260 e. The van der Waals surface area contributed by atoms with Crippen molar-refractivity contribution in [1.82, 2.24) is 4.57 Å². The predicted molar refractivity (Wildman–Crippen MR) is 410 cm³/mol. The van der Waals surface area contributed by atoms with E-state index in [1.165, 1.54) is 43.7 Å². The second-order valence-electron chi connectivity index (χ2n) is 25.9. The third-order valence-electron chi connectivity index (χ3n) is 20.7. The van der Waals surface area contributed by atoms with Gasteiger partial charge >= 0.3 is 0 Å². The summed E-state index contributed by atoms with van der Waals surface area (Å²) in [5.41, 5.74) is 27.2. The fraction of sp³-hybridized carbons (Fsp3) is 0.0118. The third kappa shape index (κ3) is 8.14. The average molecular weight is 1270 g/mol. The van der Waals surface area contributed by atoms with Crippen molar-refractivity contribution in [2.75, 3.05) is 30.6 Å². The van der Waals surface area contributed by atoms with Gasteiger partial charge in [0.05, 0.1) is 34.0 Å². The van der Waals surface area contributed by atoms with Crippen molar-refractivity contribution < 1.29 is 14.2 Å². The first-order valence-electron chi connectivity index (χ1n) is 33.4. The van der Waals surface area contributed by atoms with E-state index in [9.17, 15) is 0 Å². The summed E-state index contributed by atoms with van der Waals surface area (Å²) in [6.07, 6.45) is 2.17. The van der Waals surface area contributed by atoms with Crippen molar-refractivity contribution in [2.45, 2.75) is 0 Å².